The Bertz CT molecular complexity index is 594. The van der Waals surface area contributed by atoms with Crippen LogP contribution in [0.1, 0.15) is 39.5 Å². The van der Waals surface area contributed by atoms with Crippen molar-refractivity contribution < 1.29 is 0 Å². The molecule has 4 heteroatoms. The number of thiazole rings is 1. The first-order chi connectivity index (χ1) is 9.65. The normalized spacial score (nSPS) is 18.6. The standard InChI is InChI=1S/C16H21IN2S/c1-3-16(4-2)7-9-19(10-8-16)15-18-13-6-5-12(17)11-14(13)20-15/h5-6,11H,3-4,7-10H2,1-2H3. The number of nitrogens with zero attached hydrogens (tertiary/aromatic N) is 2. The lowest BCUT2D eigenvalue weighted by atomic mass is 9.74. The summed E-state index contributed by atoms with van der Waals surface area (Å²) in [4.78, 5) is 7.31. The third-order valence-electron chi connectivity index (χ3n) is 4.93. The Morgan fingerprint density at radius 2 is 1.95 bits per heavy atom. The van der Waals surface area contributed by atoms with Gasteiger partial charge in [-0.05, 0) is 59.0 Å². The molecule has 0 atom stereocenters. The molecule has 1 aliphatic rings. The monoisotopic (exact) mass is 400 g/mol. The number of fused-ring (bicyclic) bond motifs is 1. The maximum absolute atomic E-state index is 4.82. The zero-order valence-electron chi connectivity index (χ0n) is 12.2. The van der Waals surface area contributed by atoms with Gasteiger partial charge in [0.1, 0.15) is 0 Å². The topological polar surface area (TPSA) is 16.1 Å². The summed E-state index contributed by atoms with van der Waals surface area (Å²) in [5, 5.41) is 1.21. The van der Waals surface area contributed by atoms with Gasteiger partial charge in [0.05, 0.1) is 10.2 Å². The van der Waals surface area contributed by atoms with E-state index in [2.05, 4.69) is 59.5 Å². The minimum Gasteiger partial charge on any atom is -0.348 e. The fourth-order valence-corrected chi connectivity index (χ4v) is 4.91. The molecule has 0 bridgehead atoms. The number of anilines is 1. The molecule has 0 N–H and O–H groups in total. The summed E-state index contributed by atoms with van der Waals surface area (Å²) in [5.74, 6) is 0. The molecule has 1 fully saturated rings. The molecule has 0 aliphatic carbocycles. The van der Waals surface area contributed by atoms with E-state index in [4.69, 9.17) is 4.98 Å². The molecule has 0 amide bonds. The summed E-state index contributed by atoms with van der Waals surface area (Å²) in [6.07, 6.45) is 5.26. The van der Waals surface area contributed by atoms with Crippen LogP contribution in [0.15, 0.2) is 18.2 Å². The van der Waals surface area contributed by atoms with Gasteiger partial charge in [-0.1, -0.05) is 38.0 Å². The van der Waals surface area contributed by atoms with Crippen molar-refractivity contribution in [2.45, 2.75) is 39.5 Å². The minimum absolute atomic E-state index is 0.586. The average Bonchev–Trinajstić information content (AvgIpc) is 2.90. The van der Waals surface area contributed by atoms with E-state index in [1.165, 1.54) is 52.2 Å². The minimum atomic E-state index is 0.586. The number of aromatic nitrogens is 1. The summed E-state index contributed by atoms with van der Waals surface area (Å²) in [6, 6.07) is 6.52. The summed E-state index contributed by atoms with van der Waals surface area (Å²) in [5.41, 5.74) is 1.73. The van der Waals surface area contributed by atoms with E-state index in [9.17, 15) is 0 Å². The Balaban J connectivity index is 1.79. The van der Waals surface area contributed by atoms with Crippen LogP contribution in [0.4, 0.5) is 5.13 Å². The first-order valence-corrected chi connectivity index (χ1v) is 9.36. The number of piperidine rings is 1. The molecule has 0 saturated carbocycles. The molecule has 0 radical (unpaired) electrons. The molecule has 1 aliphatic heterocycles. The third kappa shape index (κ3) is 2.69. The van der Waals surface area contributed by atoms with Crippen molar-refractivity contribution in [3.8, 4) is 0 Å². The first kappa shape index (κ1) is 14.6. The molecular weight excluding hydrogens is 379 g/mol. The molecule has 108 valence electrons. The van der Waals surface area contributed by atoms with Crippen LogP contribution < -0.4 is 4.90 Å². The number of rotatable bonds is 3. The van der Waals surface area contributed by atoms with Crippen LogP contribution in [0.2, 0.25) is 0 Å². The Hall–Kier alpha value is -0.360. The maximum atomic E-state index is 4.82. The fraction of sp³-hybridized carbons (Fsp3) is 0.562. The molecule has 1 aromatic carbocycles. The Morgan fingerprint density at radius 1 is 1.25 bits per heavy atom. The van der Waals surface area contributed by atoms with Crippen LogP contribution in [-0.2, 0) is 0 Å². The van der Waals surface area contributed by atoms with E-state index in [1.807, 2.05) is 11.3 Å². The highest BCUT2D eigenvalue weighted by molar-refractivity contribution is 14.1. The molecule has 20 heavy (non-hydrogen) atoms. The van der Waals surface area contributed by atoms with E-state index in [0.29, 0.717) is 5.41 Å². The van der Waals surface area contributed by atoms with Gasteiger partial charge in [0.2, 0.25) is 0 Å². The van der Waals surface area contributed by atoms with Crippen LogP contribution in [0.5, 0.6) is 0 Å². The molecule has 2 nitrogen and oxygen atoms in total. The van der Waals surface area contributed by atoms with Crippen LogP contribution in [-0.4, -0.2) is 18.1 Å². The average molecular weight is 400 g/mol. The van der Waals surface area contributed by atoms with E-state index in [0.717, 1.165) is 5.52 Å². The summed E-state index contributed by atoms with van der Waals surface area (Å²) in [6.45, 7) is 7.02. The largest absolute Gasteiger partial charge is 0.348 e. The van der Waals surface area contributed by atoms with Crippen molar-refractivity contribution in [2.75, 3.05) is 18.0 Å². The third-order valence-corrected chi connectivity index (χ3v) is 6.68. The Morgan fingerprint density at radius 3 is 2.60 bits per heavy atom. The van der Waals surface area contributed by atoms with Crippen molar-refractivity contribution in [1.82, 2.24) is 4.98 Å². The smallest absolute Gasteiger partial charge is 0.186 e. The van der Waals surface area contributed by atoms with Gasteiger partial charge in [-0.15, -0.1) is 0 Å². The number of benzene rings is 1. The molecule has 0 unspecified atom stereocenters. The molecule has 2 heterocycles. The summed E-state index contributed by atoms with van der Waals surface area (Å²) >= 11 is 4.21. The predicted octanol–water partition coefficient (Wildman–Crippen LogP) is 5.31. The number of hydrogen-bond donors (Lipinski definition) is 0. The number of hydrogen-bond acceptors (Lipinski definition) is 3. The second-order valence-electron chi connectivity index (χ2n) is 5.80. The highest BCUT2D eigenvalue weighted by Gasteiger charge is 2.32. The van der Waals surface area contributed by atoms with E-state index < -0.39 is 0 Å². The summed E-state index contributed by atoms with van der Waals surface area (Å²) in [7, 11) is 0. The maximum Gasteiger partial charge on any atom is 0.186 e. The van der Waals surface area contributed by atoms with Gasteiger partial charge in [-0.3, -0.25) is 0 Å². The quantitative estimate of drug-likeness (QED) is 0.650. The molecular formula is C16H21IN2S. The van der Waals surface area contributed by atoms with Crippen LogP contribution in [0.3, 0.4) is 0 Å². The van der Waals surface area contributed by atoms with Gasteiger partial charge in [0, 0.05) is 16.7 Å². The Kier molecular flexibility index (Phi) is 4.22. The second kappa shape index (κ2) is 5.79. The lowest BCUT2D eigenvalue weighted by Gasteiger charge is -2.40. The van der Waals surface area contributed by atoms with Crippen LogP contribution in [0, 0.1) is 8.99 Å². The fourth-order valence-electron chi connectivity index (χ4n) is 3.15. The molecule has 1 aromatic heterocycles. The zero-order chi connectivity index (χ0) is 14.2. The van der Waals surface area contributed by atoms with Gasteiger partial charge in [-0.2, -0.15) is 0 Å². The van der Waals surface area contributed by atoms with Crippen molar-refractivity contribution in [3.05, 3.63) is 21.8 Å². The van der Waals surface area contributed by atoms with Crippen molar-refractivity contribution >= 4 is 49.3 Å². The van der Waals surface area contributed by atoms with Crippen LogP contribution >= 0.6 is 33.9 Å². The van der Waals surface area contributed by atoms with Crippen molar-refractivity contribution in [1.29, 1.82) is 0 Å². The Labute approximate surface area is 138 Å². The summed E-state index contributed by atoms with van der Waals surface area (Å²) < 4.78 is 2.61. The number of halogens is 1. The molecule has 3 rings (SSSR count). The van der Waals surface area contributed by atoms with Gasteiger partial charge in [-0.25, -0.2) is 4.98 Å². The van der Waals surface area contributed by atoms with Gasteiger partial charge < -0.3 is 4.90 Å². The van der Waals surface area contributed by atoms with Crippen molar-refractivity contribution in [3.63, 3.8) is 0 Å². The van der Waals surface area contributed by atoms with Gasteiger partial charge >= 0.3 is 0 Å². The molecule has 0 spiro atoms. The lowest BCUT2D eigenvalue weighted by molar-refractivity contribution is 0.199. The zero-order valence-corrected chi connectivity index (χ0v) is 15.1. The van der Waals surface area contributed by atoms with E-state index >= 15 is 0 Å². The first-order valence-electron chi connectivity index (χ1n) is 7.47. The van der Waals surface area contributed by atoms with Gasteiger partial charge in [0.15, 0.2) is 5.13 Å². The van der Waals surface area contributed by atoms with Crippen molar-refractivity contribution in [2.24, 2.45) is 5.41 Å². The second-order valence-corrected chi connectivity index (χ2v) is 8.06. The predicted molar refractivity (Wildman–Crippen MR) is 96.8 cm³/mol. The van der Waals surface area contributed by atoms with E-state index in [-0.39, 0.29) is 0 Å². The highest BCUT2D eigenvalue weighted by atomic mass is 127. The SMILES string of the molecule is CCC1(CC)CCN(c2nc3ccc(I)cc3s2)CC1. The molecule has 1 saturated heterocycles. The lowest BCUT2D eigenvalue weighted by Crippen LogP contribution is -2.39. The molecule has 2 aromatic rings. The highest BCUT2D eigenvalue weighted by Crippen LogP contribution is 2.40. The van der Waals surface area contributed by atoms with Crippen LogP contribution in [0.25, 0.3) is 10.2 Å². The van der Waals surface area contributed by atoms with Gasteiger partial charge in [0.25, 0.3) is 0 Å². The van der Waals surface area contributed by atoms with E-state index in [1.54, 1.807) is 0 Å².